The molecule has 0 spiro atoms. The molecule has 0 aliphatic heterocycles. The van der Waals surface area contributed by atoms with Crippen molar-refractivity contribution in [2.75, 3.05) is 7.11 Å². The van der Waals surface area contributed by atoms with Crippen molar-refractivity contribution in [3.8, 4) is 11.4 Å². The number of rotatable bonds is 6. The second kappa shape index (κ2) is 8.96. The van der Waals surface area contributed by atoms with Crippen LogP contribution in [-0.2, 0) is 6.54 Å². The summed E-state index contributed by atoms with van der Waals surface area (Å²) in [6.45, 7) is 2.69. The molecule has 5 rings (SSSR count). The number of nitrogens with zero attached hydrogens (tertiary/aromatic N) is 4. The predicted molar refractivity (Wildman–Crippen MR) is 134 cm³/mol. The average Bonchev–Trinajstić information content (AvgIpc) is 3.41. The van der Waals surface area contributed by atoms with Gasteiger partial charge >= 0.3 is 0 Å². The van der Waals surface area contributed by atoms with E-state index in [1.165, 1.54) is 5.56 Å². The highest BCUT2D eigenvalue weighted by molar-refractivity contribution is 6.31. The summed E-state index contributed by atoms with van der Waals surface area (Å²) in [5.41, 5.74) is 6.05. The first kappa shape index (κ1) is 21.0. The number of fused-ring (bicyclic) bond motifs is 1. The van der Waals surface area contributed by atoms with E-state index in [1.54, 1.807) is 13.4 Å². The van der Waals surface area contributed by atoms with E-state index in [0.717, 1.165) is 46.1 Å². The summed E-state index contributed by atoms with van der Waals surface area (Å²) in [6, 6.07) is 22.3. The summed E-state index contributed by atoms with van der Waals surface area (Å²) >= 11 is 6.23. The van der Waals surface area contributed by atoms with Gasteiger partial charge in [0.2, 0.25) is 0 Å². The van der Waals surface area contributed by atoms with Gasteiger partial charge in [-0.15, -0.1) is 0 Å². The van der Waals surface area contributed by atoms with Gasteiger partial charge in [0, 0.05) is 17.8 Å². The number of imidazole rings is 2. The smallest absolute Gasteiger partial charge is 0.143 e. The number of benzene rings is 3. The largest absolute Gasteiger partial charge is 0.495 e. The van der Waals surface area contributed by atoms with Crippen LogP contribution in [0.4, 0.5) is 0 Å². The van der Waals surface area contributed by atoms with Gasteiger partial charge in [0.05, 0.1) is 35.9 Å². The number of methoxy groups -OCH3 is 1. The van der Waals surface area contributed by atoms with Crippen molar-refractivity contribution in [3.05, 3.63) is 107 Å². The van der Waals surface area contributed by atoms with Gasteiger partial charge in [-0.25, -0.2) is 9.97 Å². The molecule has 0 atom stereocenters. The van der Waals surface area contributed by atoms with Crippen LogP contribution in [-0.4, -0.2) is 26.2 Å². The van der Waals surface area contributed by atoms with Crippen LogP contribution in [0.15, 0.2) is 79.3 Å². The van der Waals surface area contributed by atoms with Crippen LogP contribution in [0.2, 0.25) is 5.02 Å². The van der Waals surface area contributed by atoms with E-state index in [1.807, 2.05) is 60.2 Å². The first-order chi connectivity index (χ1) is 16.1. The van der Waals surface area contributed by atoms with Gasteiger partial charge in [-0.2, -0.15) is 0 Å². The SMILES string of the molecule is COc1cc(C=Cc2nc3cc(Cl)ccc3n2Cc2ccccc2)ccc1-n1cnc(C)c1. The number of aryl methyl sites for hydroxylation is 1. The standard InChI is InChI=1S/C27H23ClN4O/c1-19-16-31(18-29-19)25-11-8-20(14-26(25)33-2)9-13-27-30-23-15-22(28)10-12-24(23)32(27)17-21-6-4-3-5-7-21/h3-16,18H,17H2,1-2H3. The van der Waals surface area contributed by atoms with Crippen LogP contribution in [0.25, 0.3) is 28.9 Å². The molecule has 3 aromatic carbocycles. The number of halogens is 1. The lowest BCUT2D eigenvalue weighted by Crippen LogP contribution is -2.02. The molecule has 0 unspecified atom stereocenters. The van der Waals surface area contributed by atoms with Crippen LogP contribution in [0.1, 0.15) is 22.6 Å². The average molecular weight is 455 g/mol. The van der Waals surface area contributed by atoms with E-state index < -0.39 is 0 Å². The van der Waals surface area contributed by atoms with Gasteiger partial charge in [0.25, 0.3) is 0 Å². The predicted octanol–water partition coefficient (Wildman–Crippen LogP) is 6.41. The fraction of sp³-hybridized carbons (Fsp3) is 0.111. The lowest BCUT2D eigenvalue weighted by molar-refractivity contribution is 0.413. The molecule has 2 heterocycles. The number of aromatic nitrogens is 4. The zero-order valence-corrected chi connectivity index (χ0v) is 19.2. The van der Waals surface area contributed by atoms with Crippen LogP contribution < -0.4 is 4.74 Å². The molecule has 0 aliphatic carbocycles. The van der Waals surface area contributed by atoms with Crippen molar-refractivity contribution >= 4 is 34.8 Å². The Balaban J connectivity index is 1.52. The third kappa shape index (κ3) is 4.41. The van der Waals surface area contributed by atoms with Gasteiger partial charge in [-0.3, -0.25) is 0 Å². The topological polar surface area (TPSA) is 44.9 Å². The maximum Gasteiger partial charge on any atom is 0.143 e. The van der Waals surface area contributed by atoms with Crippen molar-refractivity contribution in [2.45, 2.75) is 13.5 Å². The molecule has 0 saturated carbocycles. The highest BCUT2D eigenvalue weighted by atomic mass is 35.5. The van der Waals surface area contributed by atoms with Crippen molar-refractivity contribution in [1.29, 1.82) is 0 Å². The van der Waals surface area contributed by atoms with E-state index in [4.69, 9.17) is 21.3 Å². The third-order valence-electron chi connectivity index (χ3n) is 5.54. The fourth-order valence-corrected chi connectivity index (χ4v) is 4.08. The third-order valence-corrected chi connectivity index (χ3v) is 5.78. The van der Waals surface area contributed by atoms with E-state index >= 15 is 0 Å². The number of hydrogen-bond acceptors (Lipinski definition) is 3. The summed E-state index contributed by atoms with van der Waals surface area (Å²) in [4.78, 5) is 9.15. The van der Waals surface area contributed by atoms with Crippen molar-refractivity contribution in [3.63, 3.8) is 0 Å². The van der Waals surface area contributed by atoms with Crippen LogP contribution in [0.5, 0.6) is 5.75 Å². The summed E-state index contributed by atoms with van der Waals surface area (Å²) in [5, 5.41) is 0.678. The normalized spacial score (nSPS) is 11.5. The fourth-order valence-electron chi connectivity index (χ4n) is 3.92. The maximum atomic E-state index is 6.23. The molecule has 5 aromatic rings. The van der Waals surface area contributed by atoms with Crippen LogP contribution in [0.3, 0.4) is 0 Å². The van der Waals surface area contributed by atoms with E-state index in [9.17, 15) is 0 Å². The molecular weight excluding hydrogens is 432 g/mol. The maximum absolute atomic E-state index is 6.23. The molecule has 5 nitrogen and oxygen atoms in total. The van der Waals surface area contributed by atoms with Crippen molar-refractivity contribution < 1.29 is 4.74 Å². The van der Waals surface area contributed by atoms with Gasteiger partial charge in [-0.1, -0.05) is 54.1 Å². The van der Waals surface area contributed by atoms with Crippen molar-refractivity contribution in [1.82, 2.24) is 19.1 Å². The Labute approximate surface area is 197 Å². The van der Waals surface area contributed by atoms with Crippen LogP contribution in [0, 0.1) is 6.92 Å². The Morgan fingerprint density at radius 2 is 1.85 bits per heavy atom. The molecular formula is C27H23ClN4O. The Bertz CT molecular complexity index is 1450. The zero-order valence-electron chi connectivity index (χ0n) is 18.4. The molecule has 164 valence electrons. The minimum absolute atomic E-state index is 0.678. The number of ether oxygens (including phenoxy) is 1. The number of hydrogen-bond donors (Lipinski definition) is 0. The molecule has 0 aliphatic rings. The Morgan fingerprint density at radius 1 is 1.00 bits per heavy atom. The highest BCUT2D eigenvalue weighted by Gasteiger charge is 2.11. The van der Waals surface area contributed by atoms with Gasteiger partial charge in [0.15, 0.2) is 0 Å². The molecule has 2 aromatic heterocycles. The van der Waals surface area contributed by atoms with Crippen LogP contribution >= 0.6 is 11.6 Å². The molecule has 0 bridgehead atoms. The second-order valence-electron chi connectivity index (χ2n) is 7.86. The summed E-state index contributed by atoms with van der Waals surface area (Å²) in [5.74, 6) is 1.64. The molecule has 0 fully saturated rings. The summed E-state index contributed by atoms with van der Waals surface area (Å²) in [7, 11) is 1.68. The summed E-state index contributed by atoms with van der Waals surface area (Å²) < 4.78 is 9.82. The van der Waals surface area contributed by atoms with Gasteiger partial charge in [0.1, 0.15) is 11.6 Å². The first-order valence-electron chi connectivity index (χ1n) is 10.7. The quantitative estimate of drug-likeness (QED) is 0.297. The van der Waals surface area contributed by atoms with Gasteiger partial charge in [-0.05, 0) is 54.5 Å². The Hall–Kier alpha value is -3.83. The van der Waals surface area contributed by atoms with E-state index in [0.29, 0.717) is 5.02 Å². The lowest BCUT2D eigenvalue weighted by atomic mass is 10.1. The minimum atomic E-state index is 0.678. The lowest BCUT2D eigenvalue weighted by Gasteiger charge is -2.10. The van der Waals surface area contributed by atoms with E-state index in [-0.39, 0.29) is 0 Å². The molecule has 0 radical (unpaired) electrons. The first-order valence-corrected chi connectivity index (χ1v) is 11.1. The Morgan fingerprint density at radius 3 is 2.61 bits per heavy atom. The Kier molecular flexibility index (Phi) is 5.71. The minimum Gasteiger partial charge on any atom is -0.495 e. The highest BCUT2D eigenvalue weighted by Crippen LogP contribution is 2.27. The monoisotopic (exact) mass is 454 g/mol. The molecule has 0 N–H and O–H groups in total. The van der Waals surface area contributed by atoms with Crippen molar-refractivity contribution in [2.24, 2.45) is 0 Å². The van der Waals surface area contributed by atoms with Gasteiger partial charge < -0.3 is 13.9 Å². The zero-order chi connectivity index (χ0) is 22.8. The molecule has 0 amide bonds. The summed E-state index contributed by atoms with van der Waals surface area (Å²) in [6.07, 6.45) is 7.85. The molecule has 33 heavy (non-hydrogen) atoms. The van der Waals surface area contributed by atoms with E-state index in [2.05, 4.69) is 46.0 Å². The molecule has 0 saturated heterocycles. The second-order valence-corrected chi connectivity index (χ2v) is 8.30. The molecule has 6 heteroatoms.